The van der Waals surface area contributed by atoms with Crippen LogP contribution in [0.15, 0.2) is 0 Å². The van der Waals surface area contributed by atoms with Gasteiger partial charge in [-0.05, 0) is 44.3 Å². The Balaban J connectivity index is 2.08. The molecule has 0 saturated carbocycles. The average molecular weight is 198 g/mol. The molecule has 14 heavy (non-hydrogen) atoms. The van der Waals surface area contributed by atoms with Crippen LogP contribution >= 0.6 is 0 Å². The van der Waals surface area contributed by atoms with Crippen molar-refractivity contribution < 1.29 is 0 Å². The highest BCUT2D eigenvalue weighted by molar-refractivity contribution is 4.76. The van der Waals surface area contributed by atoms with Crippen molar-refractivity contribution >= 4 is 0 Å². The second-order valence-corrected chi connectivity index (χ2v) is 5.25. The molecular formula is C12H26N2. The Morgan fingerprint density at radius 3 is 2.50 bits per heavy atom. The highest BCUT2D eigenvalue weighted by Gasteiger charge is 2.16. The molecule has 1 rings (SSSR count). The second kappa shape index (κ2) is 5.72. The predicted octanol–water partition coefficient (Wildman–Crippen LogP) is 2.15. The summed E-state index contributed by atoms with van der Waals surface area (Å²) >= 11 is 0. The first kappa shape index (κ1) is 12.0. The van der Waals surface area contributed by atoms with Gasteiger partial charge >= 0.3 is 0 Å². The summed E-state index contributed by atoms with van der Waals surface area (Å²) in [6.45, 7) is 10.6. The summed E-state index contributed by atoms with van der Waals surface area (Å²) in [5.74, 6) is 0. The summed E-state index contributed by atoms with van der Waals surface area (Å²) in [6, 6.07) is 0.768. The van der Waals surface area contributed by atoms with Gasteiger partial charge in [0.15, 0.2) is 0 Å². The highest BCUT2D eigenvalue weighted by Crippen LogP contribution is 2.23. The summed E-state index contributed by atoms with van der Waals surface area (Å²) in [7, 11) is 0. The van der Waals surface area contributed by atoms with Crippen LogP contribution < -0.4 is 10.6 Å². The van der Waals surface area contributed by atoms with Crippen molar-refractivity contribution in [3.05, 3.63) is 0 Å². The van der Waals surface area contributed by atoms with E-state index in [0.29, 0.717) is 5.41 Å². The first-order valence-corrected chi connectivity index (χ1v) is 6.08. The molecule has 2 heteroatoms. The van der Waals surface area contributed by atoms with Crippen molar-refractivity contribution in [2.75, 3.05) is 19.6 Å². The quantitative estimate of drug-likeness (QED) is 0.707. The molecule has 0 amide bonds. The van der Waals surface area contributed by atoms with Crippen LogP contribution in [0.25, 0.3) is 0 Å². The molecule has 1 fully saturated rings. The number of rotatable bonds is 5. The molecule has 2 nitrogen and oxygen atoms in total. The third-order valence-corrected chi connectivity index (χ3v) is 3.53. The van der Waals surface area contributed by atoms with Gasteiger partial charge in [0.05, 0.1) is 0 Å². The van der Waals surface area contributed by atoms with Gasteiger partial charge in [0.1, 0.15) is 0 Å². The van der Waals surface area contributed by atoms with Gasteiger partial charge in [0.25, 0.3) is 0 Å². The van der Waals surface area contributed by atoms with Crippen LogP contribution in [0.2, 0.25) is 0 Å². The fourth-order valence-corrected chi connectivity index (χ4v) is 1.82. The average Bonchev–Trinajstić information content (AvgIpc) is 2.19. The molecule has 1 saturated heterocycles. The van der Waals surface area contributed by atoms with Crippen molar-refractivity contribution in [3.8, 4) is 0 Å². The molecule has 0 aromatic heterocycles. The molecule has 0 atom stereocenters. The molecule has 1 aliphatic heterocycles. The van der Waals surface area contributed by atoms with Gasteiger partial charge in [-0.15, -0.1) is 0 Å². The van der Waals surface area contributed by atoms with E-state index in [2.05, 4.69) is 31.4 Å². The first-order valence-electron chi connectivity index (χ1n) is 6.08. The molecule has 0 aromatic rings. The Morgan fingerprint density at radius 1 is 1.29 bits per heavy atom. The molecule has 0 aliphatic carbocycles. The van der Waals surface area contributed by atoms with Crippen molar-refractivity contribution in [2.45, 2.75) is 52.5 Å². The van der Waals surface area contributed by atoms with E-state index in [1.807, 2.05) is 0 Å². The molecule has 84 valence electrons. The van der Waals surface area contributed by atoms with Gasteiger partial charge in [-0.2, -0.15) is 0 Å². The molecule has 2 N–H and O–H groups in total. The van der Waals surface area contributed by atoms with Crippen LogP contribution in [-0.2, 0) is 0 Å². The van der Waals surface area contributed by atoms with Gasteiger partial charge in [-0.1, -0.05) is 27.2 Å². The first-order chi connectivity index (χ1) is 6.64. The monoisotopic (exact) mass is 198 g/mol. The van der Waals surface area contributed by atoms with E-state index >= 15 is 0 Å². The minimum atomic E-state index is 0.514. The lowest BCUT2D eigenvalue weighted by molar-refractivity contribution is 0.296. The van der Waals surface area contributed by atoms with E-state index in [1.54, 1.807) is 0 Å². The van der Waals surface area contributed by atoms with E-state index < -0.39 is 0 Å². The molecule has 0 spiro atoms. The summed E-state index contributed by atoms with van der Waals surface area (Å²) in [5, 5.41) is 7.06. The zero-order chi connectivity index (χ0) is 10.4. The number of hydrogen-bond acceptors (Lipinski definition) is 2. The minimum Gasteiger partial charge on any atom is -0.317 e. The van der Waals surface area contributed by atoms with Crippen molar-refractivity contribution in [2.24, 2.45) is 5.41 Å². The fourth-order valence-electron chi connectivity index (χ4n) is 1.82. The predicted molar refractivity (Wildman–Crippen MR) is 62.6 cm³/mol. The maximum Gasteiger partial charge on any atom is 0.00912 e. The summed E-state index contributed by atoms with van der Waals surface area (Å²) < 4.78 is 0. The Kier molecular flexibility index (Phi) is 4.90. The Morgan fingerprint density at radius 2 is 1.93 bits per heavy atom. The Hall–Kier alpha value is -0.0800. The molecule has 1 aliphatic rings. The molecule has 0 bridgehead atoms. The molecule has 0 radical (unpaired) electrons. The third-order valence-electron chi connectivity index (χ3n) is 3.53. The fraction of sp³-hybridized carbons (Fsp3) is 1.00. The van der Waals surface area contributed by atoms with Crippen molar-refractivity contribution in [3.63, 3.8) is 0 Å². The smallest absolute Gasteiger partial charge is 0.00912 e. The van der Waals surface area contributed by atoms with E-state index in [-0.39, 0.29) is 0 Å². The van der Waals surface area contributed by atoms with Crippen LogP contribution in [0.3, 0.4) is 0 Å². The van der Waals surface area contributed by atoms with E-state index in [4.69, 9.17) is 0 Å². The zero-order valence-electron chi connectivity index (χ0n) is 10.0. The van der Waals surface area contributed by atoms with Crippen LogP contribution in [0.1, 0.15) is 46.5 Å². The largest absolute Gasteiger partial charge is 0.317 e. The summed E-state index contributed by atoms with van der Waals surface area (Å²) in [5.41, 5.74) is 0.514. The van der Waals surface area contributed by atoms with Crippen molar-refractivity contribution in [1.29, 1.82) is 0 Å². The van der Waals surface area contributed by atoms with Gasteiger partial charge in [-0.25, -0.2) is 0 Å². The SMILES string of the molecule is CCC(C)(C)CCNC1CCNCC1. The number of piperidine rings is 1. The van der Waals surface area contributed by atoms with Crippen LogP contribution in [0.5, 0.6) is 0 Å². The number of nitrogens with one attached hydrogen (secondary N) is 2. The van der Waals surface area contributed by atoms with Gasteiger partial charge < -0.3 is 10.6 Å². The Labute approximate surface area is 88.8 Å². The Bertz CT molecular complexity index is 148. The van der Waals surface area contributed by atoms with E-state index in [0.717, 1.165) is 6.04 Å². The lowest BCUT2D eigenvalue weighted by atomic mass is 9.86. The van der Waals surface area contributed by atoms with E-state index in [1.165, 1.54) is 45.3 Å². The normalized spacial score (nSPS) is 19.9. The van der Waals surface area contributed by atoms with Gasteiger partial charge in [-0.3, -0.25) is 0 Å². The summed E-state index contributed by atoms with van der Waals surface area (Å²) in [4.78, 5) is 0. The van der Waals surface area contributed by atoms with Gasteiger partial charge in [0.2, 0.25) is 0 Å². The van der Waals surface area contributed by atoms with Crippen LogP contribution in [0.4, 0.5) is 0 Å². The van der Waals surface area contributed by atoms with Crippen molar-refractivity contribution in [1.82, 2.24) is 10.6 Å². The topological polar surface area (TPSA) is 24.1 Å². The van der Waals surface area contributed by atoms with Gasteiger partial charge in [0, 0.05) is 6.04 Å². The molecule has 1 heterocycles. The van der Waals surface area contributed by atoms with Crippen LogP contribution in [0, 0.1) is 5.41 Å². The maximum absolute atomic E-state index is 3.67. The minimum absolute atomic E-state index is 0.514. The number of hydrogen-bond donors (Lipinski definition) is 2. The zero-order valence-corrected chi connectivity index (χ0v) is 10.0. The second-order valence-electron chi connectivity index (χ2n) is 5.25. The molecule has 0 unspecified atom stereocenters. The highest BCUT2D eigenvalue weighted by atomic mass is 15.0. The summed E-state index contributed by atoms with van der Waals surface area (Å²) in [6.07, 6.45) is 5.17. The molecular weight excluding hydrogens is 172 g/mol. The third kappa shape index (κ3) is 4.43. The standard InChI is InChI=1S/C12H26N2/c1-4-12(2,3)7-10-14-11-5-8-13-9-6-11/h11,13-14H,4-10H2,1-3H3. The maximum atomic E-state index is 3.67. The van der Waals surface area contributed by atoms with E-state index in [9.17, 15) is 0 Å². The molecule has 0 aromatic carbocycles. The lowest BCUT2D eigenvalue weighted by Gasteiger charge is -2.27. The van der Waals surface area contributed by atoms with Crippen LogP contribution in [-0.4, -0.2) is 25.7 Å². The lowest BCUT2D eigenvalue weighted by Crippen LogP contribution is -2.40.